The minimum Gasteiger partial charge on any atom is -0.508 e. The monoisotopic (exact) mass is 320 g/mol. The summed E-state index contributed by atoms with van der Waals surface area (Å²) < 4.78 is 0. The van der Waals surface area contributed by atoms with Gasteiger partial charge >= 0.3 is 0 Å². The molecule has 0 radical (unpaired) electrons. The van der Waals surface area contributed by atoms with E-state index in [-0.39, 0.29) is 11.3 Å². The fraction of sp³-hybridized carbons (Fsp3) is 0.200. The predicted molar refractivity (Wildman–Crippen MR) is 95.4 cm³/mol. The molecule has 4 nitrogen and oxygen atoms in total. The molecule has 2 rings (SSSR count). The van der Waals surface area contributed by atoms with Crippen molar-refractivity contribution in [1.29, 1.82) is 5.26 Å². The maximum Gasteiger partial charge on any atom is 0.266 e. The number of hydrogen-bond acceptors (Lipinski definition) is 3. The molecule has 0 bridgehead atoms. The lowest BCUT2D eigenvalue weighted by Crippen LogP contribution is -2.13. The lowest BCUT2D eigenvalue weighted by molar-refractivity contribution is -0.112. The molecule has 0 aromatic heterocycles. The van der Waals surface area contributed by atoms with Crippen molar-refractivity contribution >= 4 is 17.7 Å². The molecule has 0 fully saturated rings. The van der Waals surface area contributed by atoms with E-state index in [0.717, 1.165) is 19.3 Å². The smallest absolute Gasteiger partial charge is 0.266 e. The van der Waals surface area contributed by atoms with Crippen molar-refractivity contribution in [2.75, 3.05) is 5.32 Å². The highest BCUT2D eigenvalue weighted by Gasteiger charge is 2.09. The lowest BCUT2D eigenvalue weighted by atomic mass is 10.1. The van der Waals surface area contributed by atoms with Crippen LogP contribution in [0.3, 0.4) is 0 Å². The summed E-state index contributed by atoms with van der Waals surface area (Å²) >= 11 is 0. The molecular weight excluding hydrogens is 300 g/mol. The first-order valence-electron chi connectivity index (χ1n) is 7.93. The quantitative estimate of drug-likeness (QED) is 0.616. The highest BCUT2D eigenvalue weighted by Crippen LogP contribution is 2.15. The predicted octanol–water partition coefficient (Wildman–Crippen LogP) is 4.28. The number of nitrogens with one attached hydrogen (secondary N) is 1. The number of hydrogen-bond donors (Lipinski definition) is 2. The third-order valence-corrected chi connectivity index (χ3v) is 3.60. The molecule has 0 heterocycles. The molecule has 0 saturated carbocycles. The molecule has 4 heteroatoms. The first-order valence-corrected chi connectivity index (χ1v) is 7.93. The van der Waals surface area contributed by atoms with Gasteiger partial charge in [-0.3, -0.25) is 4.79 Å². The molecular formula is C20H20N2O2. The summed E-state index contributed by atoms with van der Waals surface area (Å²) in [5.74, 6) is -0.315. The molecule has 0 aliphatic rings. The van der Waals surface area contributed by atoms with Gasteiger partial charge in [-0.05, 0) is 54.3 Å². The summed E-state index contributed by atoms with van der Waals surface area (Å²) in [4.78, 5) is 12.2. The van der Waals surface area contributed by atoms with Crippen molar-refractivity contribution in [3.8, 4) is 11.8 Å². The molecule has 0 spiro atoms. The Bertz CT molecular complexity index is 754. The normalized spacial score (nSPS) is 10.9. The van der Waals surface area contributed by atoms with Gasteiger partial charge in [0.2, 0.25) is 0 Å². The van der Waals surface area contributed by atoms with Crippen LogP contribution in [0.1, 0.15) is 30.9 Å². The number of phenolic OH excluding ortho intramolecular Hbond substituents is 1. The second-order valence-corrected chi connectivity index (χ2v) is 5.52. The van der Waals surface area contributed by atoms with Crippen LogP contribution in [0.2, 0.25) is 0 Å². The lowest BCUT2D eigenvalue weighted by Gasteiger charge is -2.06. The number of benzene rings is 2. The Morgan fingerprint density at radius 1 is 1.17 bits per heavy atom. The van der Waals surface area contributed by atoms with Gasteiger partial charge in [-0.2, -0.15) is 5.26 Å². The molecule has 1 amide bonds. The van der Waals surface area contributed by atoms with Gasteiger partial charge in [0.25, 0.3) is 5.91 Å². The van der Waals surface area contributed by atoms with Crippen molar-refractivity contribution in [2.45, 2.75) is 26.2 Å². The molecule has 122 valence electrons. The Balaban J connectivity index is 2.06. The number of nitrogens with zero attached hydrogens (tertiary/aromatic N) is 1. The van der Waals surface area contributed by atoms with E-state index >= 15 is 0 Å². The summed E-state index contributed by atoms with van der Waals surface area (Å²) in [6.07, 6.45) is 4.80. The highest BCUT2D eigenvalue weighted by molar-refractivity contribution is 6.09. The Kier molecular flexibility index (Phi) is 6.16. The number of rotatable bonds is 6. The topological polar surface area (TPSA) is 73.1 Å². The van der Waals surface area contributed by atoms with E-state index in [1.165, 1.54) is 23.8 Å². The third-order valence-electron chi connectivity index (χ3n) is 3.60. The minimum absolute atomic E-state index is 0.00995. The minimum atomic E-state index is -0.452. The van der Waals surface area contributed by atoms with E-state index in [2.05, 4.69) is 12.2 Å². The number of aromatic hydroxyl groups is 1. The maximum atomic E-state index is 12.2. The van der Waals surface area contributed by atoms with Gasteiger partial charge in [0, 0.05) is 5.69 Å². The molecule has 0 saturated heterocycles. The number of phenols is 1. The second kappa shape index (κ2) is 8.54. The van der Waals surface area contributed by atoms with Crippen LogP contribution in [0.4, 0.5) is 5.69 Å². The van der Waals surface area contributed by atoms with Crippen LogP contribution in [0.25, 0.3) is 6.08 Å². The highest BCUT2D eigenvalue weighted by atomic mass is 16.3. The van der Waals surface area contributed by atoms with Crippen LogP contribution < -0.4 is 5.32 Å². The van der Waals surface area contributed by atoms with E-state index in [4.69, 9.17) is 0 Å². The molecule has 0 aliphatic heterocycles. The van der Waals surface area contributed by atoms with E-state index in [0.29, 0.717) is 11.3 Å². The Morgan fingerprint density at radius 3 is 2.42 bits per heavy atom. The van der Waals surface area contributed by atoms with Crippen LogP contribution in [-0.2, 0) is 11.2 Å². The molecule has 2 N–H and O–H groups in total. The largest absolute Gasteiger partial charge is 0.508 e. The van der Waals surface area contributed by atoms with Gasteiger partial charge < -0.3 is 10.4 Å². The summed E-state index contributed by atoms with van der Waals surface area (Å²) in [6.45, 7) is 2.15. The Hall–Kier alpha value is -3.06. The Labute approximate surface area is 142 Å². The van der Waals surface area contributed by atoms with Crippen molar-refractivity contribution in [3.63, 3.8) is 0 Å². The number of amides is 1. The van der Waals surface area contributed by atoms with Crippen LogP contribution in [0.5, 0.6) is 5.75 Å². The number of unbranched alkanes of at least 4 members (excludes halogenated alkanes) is 1. The molecule has 2 aromatic carbocycles. The summed E-state index contributed by atoms with van der Waals surface area (Å²) in [6, 6.07) is 15.9. The van der Waals surface area contributed by atoms with Gasteiger partial charge in [-0.1, -0.05) is 37.6 Å². The van der Waals surface area contributed by atoms with Gasteiger partial charge in [-0.15, -0.1) is 0 Å². The zero-order chi connectivity index (χ0) is 17.4. The van der Waals surface area contributed by atoms with Crippen molar-refractivity contribution < 1.29 is 9.90 Å². The number of anilines is 1. The summed E-state index contributed by atoms with van der Waals surface area (Å²) in [5.41, 5.74) is 2.58. The van der Waals surface area contributed by atoms with E-state index < -0.39 is 5.91 Å². The molecule has 0 aliphatic carbocycles. The molecule has 2 aromatic rings. The zero-order valence-corrected chi connectivity index (χ0v) is 13.6. The fourth-order valence-electron chi connectivity index (χ4n) is 2.22. The number of nitriles is 1. The number of aryl methyl sites for hydroxylation is 1. The fourth-order valence-corrected chi connectivity index (χ4v) is 2.22. The summed E-state index contributed by atoms with van der Waals surface area (Å²) in [7, 11) is 0. The van der Waals surface area contributed by atoms with Crippen LogP contribution in [0, 0.1) is 11.3 Å². The van der Waals surface area contributed by atoms with Crippen molar-refractivity contribution in [3.05, 3.63) is 65.2 Å². The van der Waals surface area contributed by atoms with Crippen LogP contribution >= 0.6 is 0 Å². The van der Waals surface area contributed by atoms with Crippen molar-refractivity contribution in [2.24, 2.45) is 0 Å². The van der Waals surface area contributed by atoms with Gasteiger partial charge in [0.15, 0.2) is 0 Å². The SMILES string of the molecule is CCCCc1ccc(NC(=O)/C(C#N)=C/c2ccc(O)cc2)cc1. The average Bonchev–Trinajstić information content (AvgIpc) is 2.60. The first-order chi connectivity index (χ1) is 11.6. The van der Waals surface area contributed by atoms with E-state index in [9.17, 15) is 15.2 Å². The average molecular weight is 320 g/mol. The van der Waals surface area contributed by atoms with Gasteiger partial charge in [0.05, 0.1) is 0 Å². The third kappa shape index (κ3) is 4.99. The van der Waals surface area contributed by atoms with E-state index in [1.807, 2.05) is 30.3 Å². The van der Waals surface area contributed by atoms with Gasteiger partial charge in [-0.25, -0.2) is 0 Å². The van der Waals surface area contributed by atoms with Crippen molar-refractivity contribution in [1.82, 2.24) is 0 Å². The van der Waals surface area contributed by atoms with Crippen LogP contribution in [-0.4, -0.2) is 11.0 Å². The molecule has 0 atom stereocenters. The van der Waals surface area contributed by atoms with Gasteiger partial charge in [0.1, 0.15) is 17.4 Å². The Morgan fingerprint density at radius 2 is 1.83 bits per heavy atom. The summed E-state index contributed by atoms with van der Waals surface area (Å²) in [5, 5.41) is 21.2. The number of carbonyl (C=O) groups excluding carboxylic acids is 1. The van der Waals surface area contributed by atoms with Crippen LogP contribution in [0.15, 0.2) is 54.1 Å². The van der Waals surface area contributed by atoms with E-state index in [1.54, 1.807) is 12.1 Å². The number of carbonyl (C=O) groups is 1. The standard InChI is InChI=1S/C20H20N2O2/c1-2-3-4-15-5-9-18(10-6-15)22-20(24)17(14-21)13-16-7-11-19(23)12-8-16/h5-13,23H,2-4H2,1H3,(H,22,24)/b17-13+. The first kappa shape index (κ1) is 17.3. The molecule has 0 unspecified atom stereocenters. The second-order valence-electron chi connectivity index (χ2n) is 5.52. The maximum absolute atomic E-state index is 12.2. The molecule has 24 heavy (non-hydrogen) atoms. The zero-order valence-electron chi connectivity index (χ0n) is 13.6.